The van der Waals surface area contributed by atoms with Gasteiger partial charge in [0.05, 0.1) is 0 Å². The van der Waals surface area contributed by atoms with Crippen LogP contribution in [-0.2, 0) is 0 Å². The molecule has 1 atom stereocenters. The molecule has 0 aromatic heterocycles. The summed E-state index contributed by atoms with van der Waals surface area (Å²) in [6.07, 6.45) is 3.58. The van der Waals surface area contributed by atoms with Gasteiger partial charge in [0, 0.05) is 17.8 Å². The first-order chi connectivity index (χ1) is 6.57. The highest BCUT2D eigenvalue weighted by Crippen LogP contribution is 2.25. The third-order valence-corrected chi connectivity index (χ3v) is 4.25. The molecule has 0 aliphatic carbocycles. The molecule has 1 saturated heterocycles. The van der Waals surface area contributed by atoms with E-state index in [4.69, 9.17) is 0 Å². The Kier molecular flexibility index (Phi) is 4.74. The van der Waals surface area contributed by atoms with E-state index in [0.29, 0.717) is 4.75 Å². The average Bonchev–Trinajstić information content (AvgIpc) is 2.53. The second-order valence-electron chi connectivity index (χ2n) is 4.91. The van der Waals surface area contributed by atoms with Crippen molar-refractivity contribution in [1.29, 1.82) is 0 Å². The van der Waals surface area contributed by atoms with Crippen LogP contribution >= 0.6 is 11.8 Å². The first kappa shape index (κ1) is 12.3. The molecule has 0 aromatic carbocycles. The molecular weight excluding hydrogens is 192 g/mol. The fraction of sp³-hybridized carbons (Fsp3) is 1.00. The van der Waals surface area contributed by atoms with Crippen molar-refractivity contribution in [3.05, 3.63) is 0 Å². The molecule has 0 aromatic rings. The highest BCUT2D eigenvalue weighted by atomic mass is 32.2. The lowest BCUT2D eigenvalue weighted by Gasteiger charge is -2.28. The molecule has 1 aliphatic rings. The molecule has 1 fully saturated rings. The predicted molar refractivity (Wildman–Crippen MR) is 66.1 cm³/mol. The molecule has 1 heterocycles. The highest BCUT2D eigenvalue weighted by Gasteiger charge is 2.26. The molecule has 1 unspecified atom stereocenters. The van der Waals surface area contributed by atoms with Gasteiger partial charge in [0.2, 0.25) is 0 Å². The van der Waals surface area contributed by atoms with E-state index in [1.807, 2.05) is 11.8 Å². The smallest absolute Gasteiger partial charge is 0.0227 e. The Bertz CT molecular complexity index is 171. The Hall–Kier alpha value is 0.270. The molecule has 14 heavy (non-hydrogen) atoms. The zero-order valence-electron chi connectivity index (χ0n) is 9.97. The summed E-state index contributed by atoms with van der Waals surface area (Å²) in [6.45, 7) is 9.65. The summed E-state index contributed by atoms with van der Waals surface area (Å²) < 4.78 is 0.411. The zero-order chi connectivity index (χ0) is 10.6. The standard InChI is InChI=1S/C11H24N2S/c1-11(2,14-4)9-13-6-5-10(8-13)7-12-3/h10,12H,5-9H2,1-4H3. The molecular formula is C11H24N2S. The van der Waals surface area contributed by atoms with E-state index in [-0.39, 0.29) is 0 Å². The van der Waals surface area contributed by atoms with Crippen molar-refractivity contribution in [2.45, 2.75) is 25.0 Å². The second-order valence-corrected chi connectivity index (χ2v) is 6.42. The van der Waals surface area contributed by atoms with Gasteiger partial charge in [-0.25, -0.2) is 0 Å². The molecule has 0 saturated carbocycles. The van der Waals surface area contributed by atoms with Crippen LogP contribution in [0.15, 0.2) is 0 Å². The van der Waals surface area contributed by atoms with E-state index in [2.05, 4.69) is 37.4 Å². The highest BCUT2D eigenvalue weighted by molar-refractivity contribution is 7.99. The fourth-order valence-corrected chi connectivity index (χ4v) is 2.43. The maximum Gasteiger partial charge on any atom is 0.0227 e. The summed E-state index contributed by atoms with van der Waals surface area (Å²) in [5.41, 5.74) is 0. The van der Waals surface area contributed by atoms with Gasteiger partial charge in [0.25, 0.3) is 0 Å². The van der Waals surface area contributed by atoms with Crippen LogP contribution in [0.4, 0.5) is 0 Å². The quantitative estimate of drug-likeness (QED) is 0.752. The lowest BCUT2D eigenvalue weighted by Crippen LogP contribution is -2.35. The van der Waals surface area contributed by atoms with Gasteiger partial charge in [-0.15, -0.1) is 0 Å². The van der Waals surface area contributed by atoms with Crippen molar-refractivity contribution in [3.8, 4) is 0 Å². The van der Waals surface area contributed by atoms with E-state index in [0.717, 1.165) is 5.92 Å². The molecule has 0 bridgehead atoms. The number of hydrogen-bond acceptors (Lipinski definition) is 3. The van der Waals surface area contributed by atoms with Crippen LogP contribution in [0.1, 0.15) is 20.3 Å². The van der Waals surface area contributed by atoms with E-state index in [1.54, 1.807) is 0 Å². The number of nitrogens with one attached hydrogen (secondary N) is 1. The van der Waals surface area contributed by atoms with Gasteiger partial charge < -0.3 is 10.2 Å². The van der Waals surface area contributed by atoms with Crippen LogP contribution in [0.3, 0.4) is 0 Å². The fourth-order valence-electron chi connectivity index (χ4n) is 2.11. The summed E-state index contributed by atoms with van der Waals surface area (Å²) in [5, 5.41) is 3.28. The Morgan fingerprint density at radius 3 is 2.79 bits per heavy atom. The maximum absolute atomic E-state index is 3.28. The van der Waals surface area contributed by atoms with Crippen molar-refractivity contribution in [3.63, 3.8) is 0 Å². The van der Waals surface area contributed by atoms with Gasteiger partial charge in [-0.05, 0) is 52.6 Å². The Morgan fingerprint density at radius 1 is 1.50 bits per heavy atom. The van der Waals surface area contributed by atoms with E-state index < -0.39 is 0 Å². The van der Waals surface area contributed by atoms with Crippen molar-refractivity contribution in [2.24, 2.45) is 5.92 Å². The van der Waals surface area contributed by atoms with E-state index in [9.17, 15) is 0 Å². The molecule has 1 N–H and O–H groups in total. The van der Waals surface area contributed by atoms with Crippen molar-refractivity contribution < 1.29 is 0 Å². The largest absolute Gasteiger partial charge is 0.319 e. The normalized spacial score (nSPS) is 24.4. The number of hydrogen-bond donors (Lipinski definition) is 1. The van der Waals surface area contributed by atoms with Crippen molar-refractivity contribution in [2.75, 3.05) is 39.5 Å². The third kappa shape index (κ3) is 3.79. The average molecular weight is 216 g/mol. The maximum atomic E-state index is 3.28. The second kappa shape index (κ2) is 5.38. The number of rotatable bonds is 5. The van der Waals surface area contributed by atoms with Crippen molar-refractivity contribution >= 4 is 11.8 Å². The Balaban J connectivity index is 2.28. The minimum absolute atomic E-state index is 0.411. The van der Waals surface area contributed by atoms with Gasteiger partial charge in [-0.3, -0.25) is 0 Å². The van der Waals surface area contributed by atoms with E-state index >= 15 is 0 Å². The van der Waals surface area contributed by atoms with Crippen LogP contribution < -0.4 is 5.32 Å². The summed E-state index contributed by atoms with van der Waals surface area (Å²) in [4.78, 5) is 2.61. The number of nitrogens with zero attached hydrogens (tertiary/aromatic N) is 1. The molecule has 0 radical (unpaired) electrons. The Labute approximate surface area is 92.8 Å². The van der Waals surface area contributed by atoms with Crippen LogP contribution in [0.2, 0.25) is 0 Å². The molecule has 1 rings (SSSR count). The summed E-state index contributed by atoms with van der Waals surface area (Å²) in [5.74, 6) is 0.873. The van der Waals surface area contributed by atoms with Gasteiger partial charge in [-0.2, -0.15) is 11.8 Å². The van der Waals surface area contributed by atoms with Crippen LogP contribution in [-0.4, -0.2) is 49.1 Å². The van der Waals surface area contributed by atoms with Gasteiger partial charge >= 0.3 is 0 Å². The molecule has 1 aliphatic heterocycles. The molecule has 3 heteroatoms. The minimum Gasteiger partial charge on any atom is -0.319 e. The SMILES string of the molecule is CNCC1CCN(CC(C)(C)SC)C1. The lowest BCUT2D eigenvalue weighted by atomic mass is 10.1. The van der Waals surface area contributed by atoms with Gasteiger partial charge in [0.15, 0.2) is 0 Å². The minimum atomic E-state index is 0.411. The van der Waals surface area contributed by atoms with Crippen LogP contribution in [0, 0.1) is 5.92 Å². The molecule has 0 amide bonds. The number of likely N-dealkylation sites (tertiary alicyclic amines) is 1. The Morgan fingerprint density at radius 2 is 2.21 bits per heavy atom. The van der Waals surface area contributed by atoms with Crippen molar-refractivity contribution in [1.82, 2.24) is 10.2 Å². The zero-order valence-corrected chi connectivity index (χ0v) is 10.8. The summed E-state index contributed by atoms with van der Waals surface area (Å²) in [6, 6.07) is 0. The molecule has 84 valence electrons. The van der Waals surface area contributed by atoms with E-state index in [1.165, 1.54) is 32.6 Å². The summed E-state index contributed by atoms with van der Waals surface area (Å²) >= 11 is 1.97. The lowest BCUT2D eigenvalue weighted by molar-refractivity contribution is 0.300. The molecule has 0 spiro atoms. The first-order valence-electron chi connectivity index (χ1n) is 5.49. The molecule has 2 nitrogen and oxygen atoms in total. The monoisotopic (exact) mass is 216 g/mol. The number of thioether (sulfide) groups is 1. The third-order valence-electron chi connectivity index (χ3n) is 3.02. The first-order valence-corrected chi connectivity index (χ1v) is 6.72. The predicted octanol–water partition coefficient (Wildman–Crippen LogP) is 1.67. The van der Waals surface area contributed by atoms with Gasteiger partial charge in [-0.1, -0.05) is 0 Å². The van der Waals surface area contributed by atoms with Crippen LogP contribution in [0.25, 0.3) is 0 Å². The van der Waals surface area contributed by atoms with Crippen LogP contribution in [0.5, 0.6) is 0 Å². The topological polar surface area (TPSA) is 15.3 Å². The van der Waals surface area contributed by atoms with Gasteiger partial charge in [0.1, 0.15) is 0 Å². The summed E-state index contributed by atoms with van der Waals surface area (Å²) in [7, 11) is 2.05.